The summed E-state index contributed by atoms with van der Waals surface area (Å²) in [6.45, 7) is 1.54. The molecule has 1 aromatic rings. The van der Waals surface area contributed by atoms with Gasteiger partial charge in [-0.2, -0.15) is 0 Å². The summed E-state index contributed by atoms with van der Waals surface area (Å²) < 4.78 is 5.18. The Morgan fingerprint density at radius 3 is 2.80 bits per heavy atom. The number of hydrogen-bond acceptors (Lipinski definition) is 3. The summed E-state index contributed by atoms with van der Waals surface area (Å²) in [5.74, 6) is -0.0219. The monoisotopic (exact) mass is 206 g/mol. The summed E-state index contributed by atoms with van der Waals surface area (Å²) in [7, 11) is 0. The smallest absolute Gasteiger partial charge is 0.255 e. The van der Waals surface area contributed by atoms with E-state index < -0.39 is 0 Å². The zero-order chi connectivity index (χ0) is 10.7. The van der Waals surface area contributed by atoms with E-state index in [4.69, 9.17) is 10.5 Å². The maximum Gasteiger partial charge on any atom is 0.255 e. The maximum atomic E-state index is 12.0. The van der Waals surface area contributed by atoms with Crippen LogP contribution in [0.3, 0.4) is 0 Å². The Balaban J connectivity index is 2.13. The molecule has 0 spiro atoms. The fraction of sp³-hybridized carbons (Fsp3) is 0.364. The van der Waals surface area contributed by atoms with Gasteiger partial charge < -0.3 is 15.4 Å². The molecule has 1 unspecified atom stereocenters. The second kappa shape index (κ2) is 4.42. The largest absolute Gasteiger partial charge is 0.376 e. The lowest BCUT2D eigenvalue weighted by Gasteiger charge is -2.32. The number of rotatable bonds is 1. The minimum absolute atomic E-state index is 0.0219. The van der Waals surface area contributed by atoms with E-state index in [0.717, 1.165) is 0 Å². The first kappa shape index (κ1) is 10.1. The Hall–Kier alpha value is -1.39. The highest BCUT2D eigenvalue weighted by atomic mass is 16.5. The third-order valence-electron chi connectivity index (χ3n) is 2.45. The van der Waals surface area contributed by atoms with Crippen LogP contribution in [0, 0.1) is 0 Å². The molecule has 80 valence electrons. The van der Waals surface area contributed by atoms with Crippen molar-refractivity contribution in [3.8, 4) is 0 Å². The number of ether oxygens (including phenoxy) is 1. The Morgan fingerprint density at radius 1 is 1.40 bits per heavy atom. The number of carbonyl (C=O) groups is 1. The van der Waals surface area contributed by atoms with E-state index in [1.165, 1.54) is 0 Å². The lowest BCUT2D eigenvalue weighted by atomic mass is 10.2. The number of nitrogens with two attached hydrogens (primary N) is 1. The highest BCUT2D eigenvalue weighted by Gasteiger charge is 2.24. The van der Waals surface area contributed by atoms with Crippen molar-refractivity contribution in [2.24, 2.45) is 5.73 Å². The molecule has 1 saturated heterocycles. The highest BCUT2D eigenvalue weighted by molar-refractivity contribution is 5.94. The third kappa shape index (κ3) is 2.16. The van der Waals surface area contributed by atoms with Gasteiger partial charge in [0.05, 0.1) is 13.2 Å². The molecule has 1 aliphatic heterocycles. The van der Waals surface area contributed by atoms with Gasteiger partial charge in [-0.15, -0.1) is 0 Å². The van der Waals surface area contributed by atoms with Crippen LogP contribution in [0.5, 0.6) is 0 Å². The van der Waals surface area contributed by atoms with Crippen LogP contribution < -0.4 is 5.73 Å². The Morgan fingerprint density at radius 2 is 2.13 bits per heavy atom. The van der Waals surface area contributed by atoms with Crippen LogP contribution in [-0.2, 0) is 4.74 Å². The summed E-state index contributed by atoms with van der Waals surface area (Å²) in [5, 5.41) is 0. The summed E-state index contributed by atoms with van der Waals surface area (Å²) in [4.78, 5) is 13.7. The summed E-state index contributed by atoms with van der Waals surface area (Å²) in [5.41, 5.74) is 6.47. The fourth-order valence-electron chi connectivity index (χ4n) is 1.62. The van der Waals surface area contributed by atoms with Crippen LogP contribution in [-0.4, -0.2) is 36.7 Å². The number of morpholine rings is 1. The minimum Gasteiger partial charge on any atom is -0.376 e. The van der Waals surface area contributed by atoms with Crippen molar-refractivity contribution < 1.29 is 9.53 Å². The SMILES string of the molecule is NC1COCCN1C(=O)c1ccccc1. The third-order valence-corrected chi connectivity index (χ3v) is 2.45. The first-order valence-corrected chi connectivity index (χ1v) is 4.98. The molecule has 0 saturated carbocycles. The molecule has 15 heavy (non-hydrogen) atoms. The molecule has 4 nitrogen and oxygen atoms in total. The summed E-state index contributed by atoms with van der Waals surface area (Å²) in [6, 6.07) is 9.17. The topological polar surface area (TPSA) is 55.6 Å². The molecule has 4 heteroatoms. The van der Waals surface area contributed by atoms with Crippen LogP contribution in [0.15, 0.2) is 30.3 Å². The van der Waals surface area contributed by atoms with Crippen LogP contribution in [0.25, 0.3) is 0 Å². The van der Waals surface area contributed by atoms with Crippen molar-refractivity contribution in [1.29, 1.82) is 0 Å². The van der Waals surface area contributed by atoms with E-state index >= 15 is 0 Å². The summed E-state index contributed by atoms with van der Waals surface area (Å²) in [6.07, 6.45) is -0.327. The number of nitrogens with zero attached hydrogens (tertiary/aromatic N) is 1. The molecule has 1 fully saturated rings. The average Bonchev–Trinajstić information content (AvgIpc) is 2.30. The van der Waals surface area contributed by atoms with E-state index in [1.54, 1.807) is 17.0 Å². The van der Waals surface area contributed by atoms with Gasteiger partial charge in [-0.25, -0.2) is 0 Å². The van der Waals surface area contributed by atoms with Gasteiger partial charge in [0.2, 0.25) is 0 Å². The van der Waals surface area contributed by atoms with E-state index in [9.17, 15) is 4.79 Å². The normalized spacial score (nSPS) is 21.4. The first-order valence-electron chi connectivity index (χ1n) is 4.98. The molecule has 1 aromatic carbocycles. The first-order chi connectivity index (χ1) is 7.29. The fourth-order valence-corrected chi connectivity index (χ4v) is 1.62. The number of benzene rings is 1. The molecule has 1 atom stereocenters. The molecule has 0 aromatic heterocycles. The highest BCUT2D eigenvalue weighted by Crippen LogP contribution is 2.09. The number of carbonyl (C=O) groups excluding carboxylic acids is 1. The van der Waals surface area contributed by atoms with Gasteiger partial charge in [0.15, 0.2) is 0 Å². The van der Waals surface area contributed by atoms with Crippen LogP contribution >= 0.6 is 0 Å². The number of amides is 1. The molecule has 1 heterocycles. The zero-order valence-electron chi connectivity index (χ0n) is 8.43. The Kier molecular flexibility index (Phi) is 2.99. The van der Waals surface area contributed by atoms with Gasteiger partial charge in [-0.3, -0.25) is 4.79 Å². The average molecular weight is 206 g/mol. The van der Waals surface area contributed by atoms with Crippen molar-refractivity contribution in [2.75, 3.05) is 19.8 Å². The quantitative estimate of drug-likeness (QED) is 0.725. The van der Waals surface area contributed by atoms with Gasteiger partial charge in [0.1, 0.15) is 6.17 Å². The molecule has 0 radical (unpaired) electrons. The van der Waals surface area contributed by atoms with Crippen molar-refractivity contribution in [3.63, 3.8) is 0 Å². The molecule has 2 rings (SSSR count). The lowest BCUT2D eigenvalue weighted by molar-refractivity contribution is 0.0000854. The van der Waals surface area contributed by atoms with Gasteiger partial charge in [0, 0.05) is 12.1 Å². The Labute approximate surface area is 88.6 Å². The van der Waals surface area contributed by atoms with Crippen molar-refractivity contribution in [3.05, 3.63) is 35.9 Å². The van der Waals surface area contributed by atoms with E-state index in [1.807, 2.05) is 18.2 Å². The zero-order valence-corrected chi connectivity index (χ0v) is 8.43. The van der Waals surface area contributed by atoms with Crippen molar-refractivity contribution in [1.82, 2.24) is 4.90 Å². The predicted molar refractivity (Wildman–Crippen MR) is 56.3 cm³/mol. The van der Waals surface area contributed by atoms with E-state index in [0.29, 0.717) is 25.3 Å². The molecule has 1 amide bonds. The van der Waals surface area contributed by atoms with E-state index in [-0.39, 0.29) is 12.1 Å². The van der Waals surface area contributed by atoms with Gasteiger partial charge in [-0.05, 0) is 12.1 Å². The molecular weight excluding hydrogens is 192 g/mol. The van der Waals surface area contributed by atoms with Gasteiger partial charge >= 0.3 is 0 Å². The van der Waals surface area contributed by atoms with Crippen molar-refractivity contribution in [2.45, 2.75) is 6.17 Å². The second-order valence-electron chi connectivity index (χ2n) is 3.51. The van der Waals surface area contributed by atoms with Gasteiger partial charge in [-0.1, -0.05) is 18.2 Å². The lowest BCUT2D eigenvalue weighted by Crippen LogP contribution is -2.53. The number of hydrogen-bond donors (Lipinski definition) is 1. The van der Waals surface area contributed by atoms with Crippen LogP contribution in [0.1, 0.15) is 10.4 Å². The maximum absolute atomic E-state index is 12.0. The summed E-state index contributed by atoms with van der Waals surface area (Å²) >= 11 is 0. The molecule has 0 aliphatic carbocycles. The van der Waals surface area contributed by atoms with E-state index in [2.05, 4.69) is 0 Å². The Bertz CT molecular complexity index is 340. The predicted octanol–water partition coefficient (Wildman–Crippen LogP) is 0.444. The van der Waals surface area contributed by atoms with Crippen LogP contribution in [0.4, 0.5) is 0 Å². The molecule has 0 bridgehead atoms. The molecule has 2 N–H and O–H groups in total. The van der Waals surface area contributed by atoms with Crippen molar-refractivity contribution >= 4 is 5.91 Å². The molecule has 1 aliphatic rings. The minimum atomic E-state index is -0.327. The van der Waals surface area contributed by atoms with Crippen LogP contribution in [0.2, 0.25) is 0 Å². The van der Waals surface area contributed by atoms with Gasteiger partial charge in [0.25, 0.3) is 5.91 Å². The second-order valence-corrected chi connectivity index (χ2v) is 3.51. The molecular formula is C11H14N2O2. The standard InChI is InChI=1S/C11H14N2O2/c12-10-8-15-7-6-13(10)11(14)9-4-2-1-3-5-9/h1-5,10H,6-8,12H2.